The van der Waals surface area contributed by atoms with E-state index in [9.17, 15) is 22.8 Å². The number of aromatic nitrogens is 1. The van der Waals surface area contributed by atoms with Crippen LogP contribution in [0, 0.1) is 6.92 Å². The second kappa shape index (κ2) is 7.68. The number of nitrogens with one attached hydrogen (secondary N) is 1. The molecular weight excluding hydrogens is 345 g/mol. The zero-order valence-corrected chi connectivity index (χ0v) is 14.6. The van der Waals surface area contributed by atoms with E-state index in [0.717, 1.165) is 12.1 Å². The zero-order chi connectivity index (χ0) is 19.5. The number of amides is 1. The van der Waals surface area contributed by atoms with Crippen molar-refractivity contribution < 1.29 is 22.8 Å². The van der Waals surface area contributed by atoms with Crippen molar-refractivity contribution in [3.8, 4) is 0 Å². The van der Waals surface area contributed by atoms with Gasteiger partial charge in [-0.05, 0) is 50.6 Å². The Bertz CT molecular complexity index is 832. The molecule has 1 heterocycles. The van der Waals surface area contributed by atoms with Crippen LogP contribution < -0.4 is 5.32 Å². The lowest BCUT2D eigenvalue weighted by molar-refractivity contribution is -0.137. The quantitative estimate of drug-likeness (QED) is 0.871. The Morgan fingerprint density at radius 3 is 2.50 bits per heavy atom. The van der Waals surface area contributed by atoms with Gasteiger partial charge in [0.05, 0.1) is 11.6 Å². The molecule has 138 valence electrons. The summed E-state index contributed by atoms with van der Waals surface area (Å²) < 4.78 is 38.5. The van der Waals surface area contributed by atoms with Gasteiger partial charge in [0.1, 0.15) is 5.78 Å². The first kappa shape index (κ1) is 19.6. The fourth-order valence-electron chi connectivity index (χ4n) is 2.56. The SMILES string of the molecule is CC(=O)Cc1cc(C(=O)N[C@H](C)c2cccc(C(F)(F)F)c2)cc(C)n1. The van der Waals surface area contributed by atoms with Crippen molar-refractivity contribution in [3.05, 3.63) is 64.5 Å². The Balaban J connectivity index is 2.19. The van der Waals surface area contributed by atoms with Crippen LogP contribution in [0.1, 0.15) is 52.8 Å². The third-order valence-electron chi connectivity index (χ3n) is 3.76. The summed E-state index contributed by atoms with van der Waals surface area (Å²) in [5.41, 5.74) is 0.963. The van der Waals surface area contributed by atoms with Gasteiger partial charge in [0.2, 0.25) is 0 Å². The molecule has 0 unspecified atom stereocenters. The normalized spacial score (nSPS) is 12.5. The Hall–Kier alpha value is -2.70. The molecule has 0 aliphatic carbocycles. The van der Waals surface area contributed by atoms with E-state index in [1.165, 1.54) is 25.1 Å². The number of rotatable bonds is 5. The molecule has 4 nitrogen and oxygen atoms in total. The number of nitrogens with zero attached hydrogens (tertiary/aromatic N) is 1. The summed E-state index contributed by atoms with van der Waals surface area (Å²) in [5.74, 6) is -0.517. The van der Waals surface area contributed by atoms with E-state index in [1.807, 2.05) is 0 Å². The van der Waals surface area contributed by atoms with Gasteiger partial charge in [0, 0.05) is 23.4 Å². The summed E-state index contributed by atoms with van der Waals surface area (Å²) in [6.07, 6.45) is -4.32. The van der Waals surface area contributed by atoms with Gasteiger partial charge in [-0.3, -0.25) is 14.6 Å². The van der Waals surface area contributed by atoms with Crippen LogP contribution >= 0.6 is 0 Å². The first-order valence-corrected chi connectivity index (χ1v) is 8.01. The van der Waals surface area contributed by atoms with Crippen LogP contribution in [0.15, 0.2) is 36.4 Å². The topological polar surface area (TPSA) is 59.1 Å². The van der Waals surface area contributed by atoms with Crippen molar-refractivity contribution in [2.75, 3.05) is 0 Å². The van der Waals surface area contributed by atoms with Crippen LogP contribution in [-0.4, -0.2) is 16.7 Å². The lowest BCUT2D eigenvalue weighted by atomic mass is 10.0. The van der Waals surface area contributed by atoms with Gasteiger partial charge in [-0.1, -0.05) is 12.1 Å². The number of carbonyl (C=O) groups is 2. The molecule has 0 bridgehead atoms. The fraction of sp³-hybridized carbons (Fsp3) is 0.316. The van der Waals surface area contributed by atoms with Gasteiger partial charge >= 0.3 is 6.18 Å². The maximum absolute atomic E-state index is 12.8. The molecule has 1 atom stereocenters. The van der Waals surface area contributed by atoms with E-state index in [4.69, 9.17) is 0 Å². The van der Waals surface area contributed by atoms with Gasteiger partial charge in [-0.2, -0.15) is 13.2 Å². The van der Waals surface area contributed by atoms with E-state index < -0.39 is 23.7 Å². The van der Waals surface area contributed by atoms with Crippen LogP contribution in [0.3, 0.4) is 0 Å². The predicted molar refractivity (Wildman–Crippen MR) is 90.7 cm³/mol. The minimum absolute atomic E-state index is 0.0770. The van der Waals surface area contributed by atoms with Gasteiger partial charge in [0.25, 0.3) is 5.91 Å². The van der Waals surface area contributed by atoms with Gasteiger partial charge in [-0.25, -0.2) is 0 Å². The summed E-state index contributed by atoms with van der Waals surface area (Å²) >= 11 is 0. The summed E-state index contributed by atoms with van der Waals surface area (Å²) in [6.45, 7) is 4.74. The minimum Gasteiger partial charge on any atom is -0.346 e. The molecule has 2 rings (SSSR count). The summed E-state index contributed by atoms with van der Waals surface area (Å²) in [5, 5.41) is 2.68. The minimum atomic E-state index is -4.44. The van der Waals surface area contributed by atoms with E-state index in [0.29, 0.717) is 22.5 Å². The highest BCUT2D eigenvalue weighted by Gasteiger charge is 2.30. The lowest BCUT2D eigenvalue weighted by Gasteiger charge is -2.16. The van der Waals surface area contributed by atoms with Crippen LogP contribution in [0.2, 0.25) is 0 Å². The Morgan fingerprint density at radius 2 is 1.88 bits per heavy atom. The molecule has 7 heteroatoms. The van der Waals surface area contributed by atoms with Crippen LogP contribution in [0.4, 0.5) is 13.2 Å². The number of aryl methyl sites for hydroxylation is 1. The maximum Gasteiger partial charge on any atom is 0.416 e. The Labute approximate surface area is 149 Å². The third kappa shape index (κ3) is 5.15. The van der Waals surface area contributed by atoms with E-state index in [2.05, 4.69) is 10.3 Å². The highest BCUT2D eigenvalue weighted by Crippen LogP contribution is 2.30. The Kier molecular flexibility index (Phi) is 5.79. The molecule has 1 aromatic carbocycles. The highest BCUT2D eigenvalue weighted by molar-refractivity contribution is 5.94. The highest BCUT2D eigenvalue weighted by atomic mass is 19.4. The molecule has 0 radical (unpaired) electrons. The molecule has 1 aromatic heterocycles. The second-order valence-corrected chi connectivity index (χ2v) is 6.19. The van der Waals surface area contributed by atoms with E-state index >= 15 is 0 Å². The van der Waals surface area contributed by atoms with Crippen molar-refractivity contribution in [1.82, 2.24) is 10.3 Å². The summed E-state index contributed by atoms with van der Waals surface area (Å²) in [6, 6.07) is 7.30. The Morgan fingerprint density at radius 1 is 1.19 bits per heavy atom. The van der Waals surface area contributed by atoms with Gasteiger partial charge < -0.3 is 5.32 Å². The van der Waals surface area contributed by atoms with Crippen molar-refractivity contribution in [1.29, 1.82) is 0 Å². The molecule has 0 saturated carbocycles. The number of alkyl halides is 3. The number of ketones is 1. The average molecular weight is 364 g/mol. The van der Waals surface area contributed by atoms with Crippen molar-refractivity contribution in [2.24, 2.45) is 0 Å². The first-order valence-electron chi connectivity index (χ1n) is 8.01. The predicted octanol–water partition coefficient (Wildman–Crippen LogP) is 4.03. The smallest absolute Gasteiger partial charge is 0.346 e. The molecule has 2 aromatic rings. The zero-order valence-electron chi connectivity index (χ0n) is 14.6. The fourth-order valence-corrected chi connectivity index (χ4v) is 2.56. The van der Waals surface area contributed by atoms with E-state index in [1.54, 1.807) is 19.9 Å². The van der Waals surface area contributed by atoms with Crippen LogP contribution in [0.5, 0.6) is 0 Å². The molecule has 1 amide bonds. The monoisotopic (exact) mass is 364 g/mol. The number of halogens is 3. The molecule has 0 saturated heterocycles. The van der Waals surface area contributed by atoms with Gasteiger partial charge in [-0.15, -0.1) is 0 Å². The van der Waals surface area contributed by atoms with Crippen LogP contribution in [0.25, 0.3) is 0 Å². The number of pyridine rings is 1. The number of Topliss-reactive ketones (excluding diaryl/α,β-unsaturated/α-hetero) is 1. The molecule has 0 aliphatic heterocycles. The number of hydrogen-bond acceptors (Lipinski definition) is 3. The molecule has 1 N–H and O–H groups in total. The van der Waals surface area contributed by atoms with Gasteiger partial charge in [0.15, 0.2) is 0 Å². The number of carbonyl (C=O) groups excluding carboxylic acids is 2. The maximum atomic E-state index is 12.8. The molecule has 0 spiro atoms. The second-order valence-electron chi connectivity index (χ2n) is 6.19. The van der Waals surface area contributed by atoms with Crippen molar-refractivity contribution >= 4 is 11.7 Å². The average Bonchev–Trinajstić information content (AvgIpc) is 2.52. The number of benzene rings is 1. The summed E-state index contributed by atoms with van der Waals surface area (Å²) in [7, 11) is 0. The van der Waals surface area contributed by atoms with E-state index in [-0.39, 0.29) is 12.2 Å². The largest absolute Gasteiger partial charge is 0.416 e. The van der Waals surface area contributed by atoms with Crippen molar-refractivity contribution in [2.45, 2.75) is 39.4 Å². The first-order chi connectivity index (χ1) is 12.1. The summed E-state index contributed by atoms with van der Waals surface area (Å²) in [4.78, 5) is 27.9. The van der Waals surface area contributed by atoms with Crippen LogP contribution in [-0.2, 0) is 17.4 Å². The molecule has 0 aliphatic rings. The standard InChI is InChI=1S/C19H19F3N2O2/c1-11-7-15(10-17(23-11)8-12(2)25)18(26)24-13(3)14-5-4-6-16(9-14)19(20,21)22/h4-7,9-10,13H,8H2,1-3H3,(H,24,26)/t13-/m1/s1. The molecule has 0 fully saturated rings. The van der Waals surface area contributed by atoms with Crippen molar-refractivity contribution in [3.63, 3.8) is 0 Å². The number of hydrogen-bond donors (Lipinski definition) is 1. The lowest BCUT2D eigenvalue weighted by Crippen LogP contribution is -2.27. The third-order valence-corrected chi connectivity index (χ3v) is 3.76. The molecule has 26 heavy (non-hydrogen) atoms. The molecular formula is C19H19F3N2O2.